The molecule has 142 valence electrons. The van der Waals surface area contributed by atoms with Crippen LogP contribution in [0.5, 0.6) is 0 Å². The van der Waals surface area contributed by atoms with E-state index in [4.69, 9.17) is 9.72 Å². The van der Waals surface area contributed by atoms with Gasteiger partial charge in [-0.05, 0) is 44.3 Å². The Labute approximate surface area is 159 Å². The van der Waals surface area contributed by atoms with E-state index in [1.165, 1.54) is 11.3 Å². The van der Waals surface area contributed by atoms with Gasteiger partial charge in [0.1, 0.15) is 5.82 Å². The molecule has 0 amide bonds. The van der Waals surface area contributed by atoms with Gasteiger partial charge in [-0.2, -0.15) is 0 Å². The molecule has 6 heteroatoms. The molecule has 27 heavy (non-hydrogen) atoms. The van der Waals surface area contributed by atoms with E-state index >= 15 is 0 Å². The van der Waals surface area contributed by atoms with E-state index in [-0.39, 0.29) is 0 Å². The third-order valence-electron chi connectivity index (χ3n) is 4.96. The maximum atomic E-state index is 5.46. The minimum atomic E-state index is 0.789. The number of fused-ring (bicyclic) bond motifs is 1. The summed E-state index contributed by atoms with van der Waals surface area (Å²) in [6.07, 6.45) is 0. The van der Waals surface area contributed by atoms with Gasteiger partial charge in [0.05, 0.1) is 24.2 Å². The first-order valence-corrected chi connectivity index (χ1v) is 9.56. The van der Waals surface area contributed by atoms with Crippen LogP contribution in [0, 0.1) is 6.92 Å². The fourth-order valence-corrected chi connectivity index (χ4v) is 3.47. The van der Waals surface area contributed by atoms with Crippen molar-refractivity contribution in [2.45, 2.75) is 6.92 Å². The summed E-state index contributed by atoms with van der Waals surface area (Å²) in [5.41, 5.74) is 6.70. The lowest BCUT2D eigenvalue weighted by molar-refractivity contribution is 0.122. The topological polar surface area (TPSA) is 65.2 Å². The average Bonchev–Trinajstić information content (AvgIpc) is 3.13. The van der Waals surface area contributed by atoms with E-state index < -0.39 is 0 Å². The molecule has 1 aliphatic heterocycles. The van der Waals surface area contributed by atoms with E-state index in [0.29, 0.717) is 0 Å². The number of aryl methyl sites for hydroxylation is 1. The average molecular weight is 365 g/mol. The van der Waals surface area contributed by atoms with Crippen LogP contribution < -0.4 is 15.5 Å². The van der Waals surface area contributed by atoms with Gasteiger partial charge in [0.15, 0.2) is 0 Å². The summed E-state index contributed by atoms with van der Waals surface area (Å²) in [6, 6.07) is 12.9. The molecule has 0 radical (unpaired) electrons. The van der Waals surface area contributed by atoms with Crippen molar-refractivity contribution < 1.29 is 4.74 Å². The molecule has 1 aromatic heterocycles. The molecule has 2 aromatic carbocycles. The van der Waals surface area contributed by atoms with Crippen molar-refractivity contribution in [3.8, 4) is 11.4 Å². The summed E-state index contributed by atoms with van der Waals surface area (Å²) in [7, 11) is 1.96. The van der Waals surface area contributed by atoms with Crippen LogP contribution in [0.2, 0.25) is 0 Å². The van der Waals surface area contributed by atoms with Crippen LogP contribution >= 0.6 is 0 Å². The van der Waals surface area contributed by atoms with E-state index in [1.54, 1.807) is 0 Å². The van der Waals surface area contributed by atoms with E-state index in [9.17, 15) is 0 Å². The number of benzene rings is 2. The predicted octanol–water partition coefficient (Wildman–Crippen LogP) is 3.01. The Morgan fingerprint density at radius 2 is 1.96 bits per heavy atom. The van der Waals surface area contributed by atoms with Gasteiger partial charge >= 0.3 is 0 Å². The van der Waals surface area contributed by atoms with Gasteiger partial charge in [-0.3, -0.25) is 0 Å². The van der Waals surface area contributed by atoms with Crippen LogP contribution in [0.4, 0.5) is 11.4 Å². The Kier molecular flexibility index (Phi) is 5.27. The molecular weight excluding hydrogens is 338 g/mol. The number of anilines is 2. The highest BCUT2D eigenvalue weighted by atomic mass is 16.5. The second-order valence-electron chi connectivity index (χ2n) is 6.97. The van der Waals surface area contributed by atoms with Crippen molar-refractivity contribution in [1.82, 2.24) is 15.3 Å². The summed E-state index contributed by atoms with van der Waals surface area (Å²) in [5, 5.41) is 6.67. The predicted molar refractivity (Wildman–Crippen MR) is 112 cm³/mol. The van der Waals surface area contributed by atoms with Crippen molar-refractivity contribution >= 4 is 22.4 Å². The minimum Gasteiger partial charge on any atom is -0.383 e. The Bertz CT molecular complexity index is 914. The van der Waals surface area contributed by atoms with Crippen LogP contribution in [0.1, 0.15) is 5.56 Å². The lowest BCUT2D eigenvalue weighted by atomic mass is 10.1. The van der Waals surface area contributed by atoms with Crippen LogP contribution in [-0.2, 0) is 4.74 Å². The Morgan fingerprint density at radius 3 is 2.78 bits per heavy atom. The summed E-state index contributed by atoms with van der Waals surface area (Å²) >= 11 is 0. The summed E-state index contributed by atoms with van der Waals surface area (Å²) in [5.74, 6) is 0.903. The van der Waals surface area contributed by atoms with Crippen LogP contribution in [0.15, 0.2) is 36.4 Å². The highest BCUT2D eigenvalue weighted by Gasteiger charge is 2.14. The number of H-pyrrole nitrogens is 1. The van der Waals surface area contributed by atoms with Crippen LogP contribution in [0.25, 0.3) is 22.4 Å². The van der Waals surface area contributed by atoms with E-state index in [2.05, 4.69) is 63.8 Å². The second-order valence-corrected chi connectivity index (χ2v) is 6.97. The summed E-state index contributed by atoms with van der Waals surface area (Å²) < 4.78 is 5.46. The maximum Gasteiger partial charge on any atom is 0.140 e. The zero-order valence-electron chi connectivity index (χ0n) is 16.0. The molecule has 1 aliphatic rings. The first-order chi connectivity index (χ1) is 13.2. The number of likely N-dealkylation sites (N-methyl/N-ethyl adjacent to an activating group) is 1. The zero-order chi connectivity index (χ0) is 18.6. The van der Waals surface area contributed by atoms with Gasteiger partial charge in [0.2, 0.25) is 0 Å². The standard InChI is InChI=1S/C21H27N5O/c1-15-3-5-18(23-8-7-22-2)17(13-15)21-24-19-6-4-16(14-20(19)25-21)26-9-11-27-12-10-26/h3-6,13-14,22-23H,7-12H2,1-2H3,(H,24,25). The highest BCUT2D eigenvalue weighted by Crippen LogP contribution is 2.30. The fourth-order valence-electron chi connectivity index (χ4n) is 3.47. The molecule has 1 fully saturated rings. The normalized spacial score (nSPS) is 14.7. The first-order valence-electron chi connectivity index (χ1n) is 9.56. The third kappa shape index (κ3) is 3.91. The van der Waals surface area contributed by atoms with Gasteiger partial charge in [0.25, 0.3) is 0 Å². The molecule has 3 aromatic rings. The van der Waals surface area contributed by atoms with Crippen molar-refractivity contribution in [2.24, 2.45) is 0 Å². The number of hydrogen-bond acceptors (Lipinski definition) is 5. The lowest BCUT2D eigenvalue weighted by Gasteiger charge is -2.28. The Morgan fingerprint density at radius 1 is 1.11 bits per heavy atom. The second kappa shape index (κ2) is 7.98. The molecule has 0 spiro atoms. The largest absolute Gasteiger partial charge is 0.383 e. The van der Waals surface area contributed by atoms with E-state index in [1.807, 2.05) is 7.05 Å². The molecule has 3 N–H and O–H groups in total. The number of ether oxygens (including phenoxy) is 1. The van der Waals surface area contributed by atoms with E-state index in [0.717, 1.165) is 67.5 Å². The van der Waals surface area contributed by atoms with Crippen molar-refractivity contribution in [3.05, 3.63) is 42.0 Å². The fraction of sp³-hybridized carbons (Fsp3) is 0.381. The van der Waals surface area contributed by atoms with Gasteiger partial charge in [-0.25, -0.2) is 4.98 Å². The maximum absolute atomic E-state index is 5.46. The quantitative estimate of drug-likeness (QED) is 0.586. The molecule has 0 saturated carbocycles. The zero-order valence-corrected chi connectivity index (χ0v) is 16.0. The van der Waals surface area contributed by atoms with Crippen molar-refractivity contribution in [2.75, 3.05) is 56.7 Å². The molecule has 0 unspecified atom stereocenters. The number of imidazole rings is 1. The molecule has 0 atom stereocenters. The SMILES string of the molecule is CNCCNc1ccc(C)cc1-c1nc2ccc(N3CCOCC3)cc2[nH]1. The number of rotatable bonds is 6. The summed E-state index contributed by atoms with van der Waals surface area (Å²) in [4.78, 5) is 10.7. The third-order valence-corrected chi connectivity index (χ3v) is 4.96. The van der Waals surface area contributed by atoms with Crippen LogP contribution in [0.3, 0.4) is 0 Å². The monoisotopic (exact) mass is 365 g/mol. The number of nitrogens with zero attached hydrogens (tertiary/aromatic N) is 2. The van der Waals surface area contributed by atoms with Crippen molar-refractivity contribution in [1.29, 1.82) is 0 Å². The van der Waals surface area contributed by atoms with Gasteiger partial charge in [-0.15, -0.1) is 0 Å². The first kappa shape index (κ1) is 17.8. The number of aromatic amines is 1. The van der Waals surface area contributed by atoms with Gasteiger partial charge in [-0.1, -0.05) is 11.6 Å². The number of aromatic nitrogens is 2. The van der Waals surface area contributed by atoms with Gasteiger partial charge in [0, 0.05) is 43.1 Å². The smallest absolute Gasteiger partial charge is 0.140 e. The number of morpholine rings is 1. The molecule has 4 rings (SSSR count). The molecule has 0 aliphatic carbocycles. The molecule has 1 saturated heterocycles. The molecule has 2 heterocycles. The lowest BCUT2D eigenvalue weighted by Crippen LogP contribution is -2.36. The summed E-state index contributed by atoms with van der Waals surface area (Å²) in [6.45, 7) is 7.34. The molecular formula is C21H27N5O. The Hall–Kier alpha value is -2.57. The van der Waals surface area contributed by atoms with Gasteiger partial charge < -0.3 is 25.3 Å². The Balaban J connectivity index is 1.66. The van der Waals surface area contributed by atoms with Crippen molar-refractivity contribution in [3.63, 3.8) is 0 Å². The minimum absolute atomic E-state index is 0.789. The molecule has 6 nitrogen and oxygen atoms in total. The number of nitrogens with one attached hydrogen (secondary N) is 3. The number of hydrogen-bond donors (Lipinski definition) is 3. The highest BCUT2D eigenvalue weighted by molar-refractivity contribution is 5.85. The van der Waals surface area contributed by atoms with Crippen LogP contribution in [-0.4, -0.2) is 56.4 Å². The molecule has 0 bridgehead atoms.